The Bertz CT molecular complexity index is 471. The minimum Gasteiger partial charge on any atom is -0.207 e. The van der Waals surface area contributed by atoms with Crippen LogP contribution in [-0.4, -0.2) is 14.5 Å². The van der Waals surface area contributed by atoms with E-state index in [1.807, 2.05) is 13.8 Å². The number of halogens is 1. The summed E-state index contributed by atoms with van der Waals surface area (Å²) in [4.78, 5) is 0. The van der Waals surface area contributed by atoms with Crippen LogP contribution in [0, 0.1) is 12.8 Å². The number of aryl methyl sites for hydroxylation is 1. The Kier molecular flexibility index (Phi) is 3.45. The fourth-order valence-corrected chi connectivity index (χ4v) is 5.11. The van der Waals surface area contributed by atoms with Crippen molar-refractivity contribution in [2.75, 3.05) is 0 Å². The predicted molar refractivity (Wildman–Crippen MR) is 69.3 cm³/mol. The Labute approximate surface area is 108 Å². The fraction of sp³-hybridized carbons (Fsp3) is 0.600. The second-order valence-corrected chi connectivity index (χ2v) is 8.58. The van der Waals surface area contributed by atoms with Crippen LogP contribution in [0.1, 0.15) is 25.3 Å². The van der Waals surface area contributed by atoms with Crippen molar-refractivity contribution >= 4 is 37.3 Å². The maximum absolute atomic E-state index is 12.0. The lowest BCUT2D eigenvalue weighted by molar-refractivity contribution is 0.539. The number of nitrogens with one attached hydrogen (secondary N) is 1. The third kappa shape index (κ3) is 2.67. The number of rotatable bonds is 4. The lowest BCUT2D eigenvalue weighted by atomic mass is 10.2. The summed E-state index contributed by atoms with van der Waals surface area (Å²) in [6.07, 6.45) is 2.27. The molecule has 1 unspecified atom stereocenters. The zero-order valence-electron chi connectivity index (χ0n) is 9.16. The molecule has 1 fully saturated rings. The SMILES string of the molecule is Cc1cc(S(=O)(=O)NC(C)C2CC2)sc1Br. The molecule has 16 heavy (non-hydrogen) atoms. The first-order valence-corrected chi connectivity index (χ1v) is 8.27. The van der Waals surface area contributed by atoms with Gasteiger partial charge in [0.05, 0.1) is 3.79 Å². The fourth-order valence-electron chi connectivity index (χ4n) is 1.56. The van der Waals surface area contributed by atoms with Gasteiger partial charge in [0, 0.05) is 6.04 Å². The smallest absolute Gasteiger partial charge is 0.207 e. The summed E-state index contributed by atoms with van der Waals surface area (Å²) in [5.41, 5.74) is 0.962. The van der Waals surface area contributed by atoms with Crippen molar-refractivity contribution in [1.29, 1.82) is 0 Å². The highest BCUT2D eigenvalue weighted by Crippen LogP contribution is 2.34. The van der Waals surface area contributed by atoms with E-state index in [-0.39, 0.29) is 6.04 Å². The van der Waals surface area contributed by atoms with E-state index in [0.717, 1.165) is 22.2 Å². The van der Waals surface area contributed by atoms with Crippen molar-refractivity contribution < 1.29 is 8.42 Å². The monoisotopic (exact) mass is 323 g/mol. The molecule has 0 saturated heterocycles. The third-order valence-corrected chi connectivity index (χ3v) is 6.94. The van der Waals surface area contributed by atoms with Crippen molar-refractivity contribution in [3.05, 3.63) is 15.4 Å². The molecule has 0 bridgehead atoms. The van der Waals surface area contributed by atoms with Crippen molar-refractivity contribution in [3.63, 3.8) is 0 Å². The molecule has 6 heteroatoms. The molecule has 1 atom stereocenters. The molecular weight excluding hydrogens is 310 g/mol. The molecule has 90 valence electrons. The van der Waals surface area contributed by atoms with Gasteiger partial charge in [-0.15, -0.1) is 11.3 Å². The number of sulfonamides is 1. The highest BCUT2D eigenvalue weighted by Gasteiger charge is 2.31. The molecule has 0 radical (unpaired) electrons. The van der Waals surface area contributed by atoms with Crippen molar-refractivity contribution in [2.24, 2.45) is 5.92 Å². The van der Waals surface area contributed by atoms with Crippen LogP contribution in [0.3, 0.4) is 0 Å². The Balaban J connectivity index is 2.17. The van der Waals surface area contributed by atoms with Gasteiger partial charge < -0.3 is 0 Å². The average Bonchev–Trinajstić information content (AvgIpc) is 2.94. The van der Waals surface area contributed by atoms with E-state index in [4.69, 9.17) is 0 Å². The highest BCUT2D eigenvalue weighted by molar-refractivity contribution is 9.11. The number of thiophene rings is 1. The molecule has 0 aliphatic heterocycles. The Morgan fingerprint density at radius 3 is 2.62 bits per heavy atom. The van der Waals surface area contributed by atoms with E-state index in [1.165, 1.54) is 11.3 Å². The first kappa shape index (κ1) is 12.5. The molecule has 0 amide bonds. The van der Waals surface area contributed by atoms with Crippen LogP contribution in [0.15, 0.2) is 14.1 Å². The van der Waals surface area contributed by atoms with Gasteiger partial charge in [-0.05, 0) is 60.2 Å². The topological polar surface area (TPSA) is 46.2 Å². The van der Waals surface area contributed by atoms with Gasteiger partial charge in [0.25, 0.3) is 0 Å². The van der Waals surface area contributed by atoms with Gasteiger partial charge in [-0.2, -0.15) is 0 Å². The van der Waals surface area contributed by atoms with Gasteiger partial charge in [0.1, 0.15) is 4.21 Å². The zero-order valence-corrected chi connectivity index (χ0v) is 12.4. The van der Waals surface area contributed by atoms with Crippen molar-refractivity contribution in [2.45, 2.75) is 36.9 Å². The first-order valence-electron chi connectivity index (χ1n) is 5.18. The molecule has 2 rings (SSSR count). The molecule has 1 aromatic rings. The molecule has 0 aromatic carbocycles. The minimum atomic E-state index is -3.33. The lowest BCUT2D eigenvalue weighted by Crippen LogP contribution is -2.33. The van der Waals surface area contributed by atoms with E-state index >= 15 is 0 Å². The molecule has 1 saturated carbocycles. The van der Waals surface area contributed by atoms with Gasteiger partial charge in [-0.1, -0.05) is 0 Å². The van der Waals surface area contributed by atoms with Gasteiger partial charge in [0.15, 0.2) is 0 Å². The molecule has 1 heterocycles. The summed E-state index contributed by atoms with van der Waals surface area (Å²) in [6, 6.07) is 1.75. The van der Waals surface area contributed by atoms with E-state index in [0.29, 0.717) is 10.1 Å². The molecule has 3 nitrogen and oxygen atoms in total. The number of hydrogen-bond acceptors (Lipinski definition) is 3. The normalized spacial score (nSPS) is 18.7. The first-order chi connectivity index (χ1) is 7.40. The summed E-state index contributed by atoms with van der Waals surface area (Å²) < 4.78 is 28.0. The summed E-state index contributed by atoms with van der Waals surface area (Å²) >= 11 is 4.60. The van der Waals surface area contributed by atoms with E-state index in [9.17, 15) is 8.42 Å². The van der Waals surface area contributed by atoms with Crippen molar-refractivity contribution in [3.8, 4) is 0 Å². The predicted octanol–water partition coefficient (Wildman–Crippen LogP) is 2.90. The zero-order chi connectivity index (χ0) is 11.9. The quantitative estimate of drug-likeness (QED) is 0.926. The van der Waals surface area contributed by atoms with Crippen LogP contribution in [0.2, 0.25) is 0 Å². The maximum atomic E-state index is 12.0. The molecular formula is C10H14BrNO2S2. The molecule has 1 N–H and O–H groups in total. The second-order valence-electron chi connectivity index (χ2n) is 4.27. The summed E-state index contributed by atoms with van der Waals surface area (Å²) in [5, 5.41) is 0. The summed E-state index contributed by atoms with van der Waals surface area (Å²) in [5.74, 6) is 0.527. The standard InChI is InChI=1S/C10H14BrNO2S2/c1-6-5-9(15-10(6)11)16(13,14)12-7(2)8-3-4-8/h5,7-8,12H,3-4H2,1-2H3. The van der Waals surface area contributed by atoms with Crippen LogP contribution in [-0.2, 0) is 10.0 Å². The maximum Gasteiger partial charge on any atom is 0.250 e. The van der Waals surface area contributed by atoms with Crippen LogP contribution in [0.25, 0.3) is 0 Å². The molecule has 1 aliphatic rings. The Hall–Kier alpha value is 0.0900. The molecule has 0 spiro atoms. The van der Waals surface area contributed by atoms with Crippen LogP contribution >= 0.6 is 27.3 Å². The van der Waals surface area contributed by atoms with E-state index < -0.39 is 10.0 Å². The highest BCUT2D eigenvalue weighted by atomic mass is 79.9. The van der Waals surface area contributed by atoms with Gasteiger partial charge in [0.2, 0.25) is 10.0 Å². The van der Waals surface area contributed by atoms with E-state index in [1.54, 1.807) is 6.07 Å². The molecule has 1 aromatic heterocycles. The summed E-state index contributed by atoms with van der Waals surface area (Å²) in [6.45, 7) is 3.83. The van der Waals surface area contributed by atoms with Crippen LogP contribution in [0.5, 0.6) is 0 Å². The largest absolute Gasteiger partial charge is 0.250 e. The van der Waals surface area contributed by atoms with Gasteiger partial charge in [-0.3, -0.25) is 0 Å². The van der Waals surface area contributed by atoms with Gasteiger partial charge >= 0.3 is 0 Å². The van der Waals surface area contributed by atoms with Crippen LogP contribution < -0.4 is 4.72 Å². The number of hydrogen-bond donors (Lipinski definition) is 1. The van der Waals surface area contributed by atoms with Gasteiger partial charge in [-0.25, -0.2) is 13.1 Å². The van der Waals surface area contributed by atoms with Crippen LogP contribution in [0.4, 0.5) is 0 Å². The third-order valence-electron chi connectivity index (χ3n) is 2.77. The lowest BCUT2D eigenvalue weighted by Gasteiger charge is -2.11. The van der Waals surface area contributed by atoms with Crippen molar-refractivity contribution in [1.82, 2.24) is 4.72 Å². The second kappa shape index (κ2) is 4.40. The summed E-state index contributed by atoms with van der Waals surface area (Å²) in [7, 11) is -3.33. The minimum absolute atomic E-state index is 0.0474. The Morgan fingerprint density at radius 2 is 2.19 bits per heavy atom. The average molecular weight is 324 g/mol. The van der Waals surface area contributed by atoms with E-state index in [2.05, 4.69) is 20.7 Å². The molecule has 1 aliphatic carbocycles. The Morgan fingerprint density at radius 1 is 1.56 bits per heavy atom.